The molecule has 3 aromatic carbocycles. The van der Waals surface area contributed by atoms with E-state index in [1.165, 1.54) is 0 Å². The molecule has 0 bridgehead atoms. The smallest absolute Gasteiger partial charge is 0.0905 e. The summed E-state index contributed by atoms with van der Waals surface area (Å²) in [6, 6.07) is 30.3. The van der Waals surface area contributed by atoms with Gasteiger partial charge in [-0.15, -0.1) is 0 Å². The fraction of sp³-hybridized carbons (Fsp3) is 0. The van der Waals surface area contributed by atoms with Gasteiger partial charge in [-0.05, 0) is 23.8 Å². The molecular weight excluding hydrogens is 280 g/mol. The van der Waals surface area contributed by atoms with Gasteiger partial charge in [-0.2, -0.15) is 5.10 Å². The fourth-order valence-electron chi connectivity index (χ4n) is 2.18. The lowest BCUT2D eigenvalue weighted by molar-refractivity contribution is 1.33. The van der Waals surface area contributed by atoms with Crippen molar-refractivity contribution in [1.82, 2.24) is 0 Å². The number of anilines is 1. The molecule has 0 aliphatic carbocycles. The summed E-state index contributed by atoms with van der Waals surface area (Å²) in [5, 5.41) is 4.56. The Kier molecular flexibility index (Phi) is 4.99. The first kappa shape index (κ1) is 14.8. The summed E-state index contributed by atoms with van der Waals surface area (Å²) < 4.78 is 0. The molecule has 2 heteroatoms. The van der Waals surface area contributed by atoms with Crippen LogP contribution >= 0.6 is 0 Å². The van der Waals surface area contributed by atoms with Crippen LogP contribution in [-0.2, 0) is 0 Å². The molecule has 0 saturated carbocycles. The fourth-order valence-corrected chi connectivity index (χ4v) is 2.18. The largest absolute Gasteiger partial charge is 0.278 e. The maximum atomic E-state index is 4.56. The van der Waals surface area contributed by atoms with Gasteiger partial charge in [0.15, 0.2) is 0 Å². The number of hydrogen-bond donors (Lipinski definition) is 1. The summed E-state index contributed by atoms with van der Waals surface area (Å²) in [7, 11) is 0. The predicted molar refractivity (Wildman–Crippen MR) is 98.5 cm³/mol. The van der Waals surface area contributed by atoms with Crippen LogP contribution in [0.15, 0.2) is 102 Å². The lowest BCUT2D eigenvalue weighted by atomic mass is 10.1. The number of benzene rings is 3. The molecule has 1 N–H and O–H groups in total. The molecule has 2 nitrogen and oxygen atoms in total. The molecule has 3 rings (SSSR count). The van der Waals surface area contributed by atoms with Gasteiger partial charge in [-0.25, -0.2) is 0 Å². The summed E-state index contributed by atoms with van der Waals surface area (Å²) in [6.45, 7) is 0. The highest BCUT2D eigenvalue weighted by Crippen LogP contribution is 2.09. The number of para-hydroxylation sites is 1. The van der Waals surface area contributed by atoms with Crippen LogP contribution in [0.5, 0.6) is 0 Å². The van der Waals surface area contributed by atoms with Crippen molar-refractivity contribution in [2.75, 3.05) is 5.43 Å². The van der Waals surface area contributed by atoms with Crippen molar-refractivity contribution < 1.29 is 0 Å². The Balaban J connectivity index is 1.86. The van der Waals surface area contributed by atoms with E-state index in [2.05, 4.69) is 40.9 Å². The Morgan fingerprint density at radius 3 is 1.91 bits per heavy atom. The van der Waals surface area contributed by atoms with Crippen molar-refractivity contribution in [2.45, 2.75) is 0 Å². The number of allylic oxidation sites excluding steroid dienone is 1. The van der Waals surface area contributed by atoms with Crippen LogP contribution in [-0.4, -0.2) is 5.71 Å². The zero-order chi connectivity index (χ0) is 15.7. The summed E-state index contributed by atoms with van der Waals surface area (Å²) >= 11 is 0. The Bertz CT molecular complexity index is 776. The normalized spacial score (nSPS) is 11.6. The van der Waals surface area contributed by atoms with Gasteiger partial charge in [0.25, 0.3) is 0 Å². The number of nitrogens with one attached hydrogen (secondary N) is 1. The van der Waals surface area contributed by atoms with Gasteiger partial charge >= 0.3 is 0 Å². The van der Waals surface area contributed by atoms with Gasteiger partial charge in [0, 0.05) is 5.56 Å². The Morgan fingerprint density at radius 2 is 1.26 bits per heavy atom. The highest BCUT2D eigenvalue weighted by molar-refractivity contribution is 6.11. The first-order valence-corrected chi connectivity index (χ1v) is 7.59. The average molecular weight is 298 g/mol. The van der Waals surface area contributed by atoms with Crippen LogP contribution in [0, 0.1) is 0 Å². The summed E-state index contributed by atoms with van der Waals surface area (Å²) in [5.74, 6) is 0. The third-order valence-corrected chi connectivity index (χ3v) is 3.38. The average Bonchev–Trinajstić information content (AvgIpc) is 2.64. The Hall–Kier alpha value is -3.13. The third-order valence-electron chi connectivity index (χ3n) is 3.38. The zero-order valence-corrected chi connectivity index (χ0v) is 12.8. The molecule has 0 aliphatic rings. The van der Waals surface area contributed by atoms with E-state index in [4.69, 9.17) is 0 Å². The molecule has 3 aromatic rings. The first-order chi connectivity index (χ1) is 11.4. The van der Waals surface area contributed by atoms with E-state index in [1.807, 2.05) is 72.8 Å². The number of hydrazone groups is 1. The van der Waals surface area contributed by atoms with Crippen molar-refractivity contribution in [2.24, 2.45) is 5.10 Å². The van der Waals surface area contributed by atoms with E-state index in [0.29, 0.717) is 0 Å². The second-order valence-corrected chi connectivity index (χ2v) is 5.08. The van der Waals surface area contributed by atoms with Gasteiger partial charge in [-0.3, -0.25) is 5.43 Å². The summed E-state index contributed by atoms with van der Waals surface area (Å²) in [6.07, 6.45) is 4.10. The molecule has 0 spiro atoms. The molecule has 0 saturated heterocycles. The van der Waals surface area contributed by atoms with Crippen LogP contribution in [0.3, 0.4) is 0 Å². The lowest BCUT2D eigenvalue weighted by Crippen LogP contribution is -2.01. The topological polar surface area (TPSA) is 24.4 Å². The molecule has 0 unspecified atom stereocenters. The van der Waals surface area contributed by atoms with E-state index in [0.717, 1.165) is 22.5 Å². The molecule has 0 aliphatic heterocycles. The molecular formula is C21H18N2. The van der Waals surface area contributed by atoms with Gasteiger partial charge < -0.3 is 0 Å². The molecule has 0 atom stereocenters. The molecule has 0 radical (unpaired) electrons. The van der Waals surface area contributed by atoms with Crippen LogP contribution in [0.25, 0.3) is 6.08 Å². The maximum Gasteiger partial charge on any atom is 0.0905 e. The quantitative estimate of drug-likeness (QED) is 0.507. The predicted octanol–water partition coefficient (Wildman–Crippen LogP) is 5.22. The van der Waals surface area contributed by atoms with Crippen LogP contribution < -0.4 is 5.43 Å². The number of rotatable bonds is 5. The monoisotopic (exact) mass is 298 g/mol. The standard InChI is InChI=1S/C21H18N2/c1-4-10-18(11-5-1)16-17-21(19-12-6-2-7-13-19)23-22-20-14-8-3-9-15-20/h1-17,22H. The summed E-state index contributed by atoms with van der Waals surface area (Å²) in [4.78, 5) is 0. The van der Waals surface area contributed by atoms with Crippen LogP contribution in [0.1, 0.15) is 11.1 Å². The van der Waals surface area contributed by atoms with Gasteiger partial charge in [0.1, 0.15) is 0 Å². The van der Waals surface area contributed by atoms with E-state index in [1.54, 1.807) is 0 Å². The van der Waals surface area contributed by atoms with Crippen molar-refractivity contribution in [3.8, 4) is 0 Å². The van der Waals surface area contributed by atoms with E-state index in [-0.39, 0.29) is 0 Å². The first-order valence-electron chi connectivity index (χ1n) is 7.59. The molecule has 0 heterocycles. The van der Waals surface area contributed by atoms with Crippen LogP contribution in [0.4, 0.5) is 5.69 Å². The Labute approximate surface area is 136 Å². The lowest BCUT2D eigenvalue weighted by Gasteiger charge is -2.04. The highest BCUT2D eigenvalue weighted by atomic mass is 15.3. The third kappa shape index (κ3) is 4.42. The van der Waals surface area contributed by atoms with Gasteiger partial charge in [0.2, 0.25) is 0 Å². The minimum Gasteiger partial charge on any atom is -0.278 e. The van der Waals surface area contributed by atoms with E-state index in [9.17, 15) is 0 Å². The van der Waals surface area contributed by atoms with Gasteiger partial charge in [-0.1, -0.05) is 84.9 Å². The molecule has 0 fully saturated rings. The summed E-state index contributed by atoms with van der Waals surface area (Å²) in [5.41, 5.74) is 7.19. The molecule has 0 aromatic heterocycles. The minimum absolute atomic E-state index is 0.887. The number of hydrogen-bond acceptors (Lipinski definition) is 2. The number of nitrogens with zero attached hydrogens (tertiary/aromatic N) is 1. The second kappa shape index (κ2) is 7.76. The molecule has 0 amide bonds. The van der Waals surface area contributed by atoms with E-state index < -0.39 is 0 Å². The Morgan fingerprint density at radius 1 is 0.696 bits per heavy atom. The zero-order valence-electron chi connectivity index (χ0n) is 12.8. The van der Waals surface area contributed by atoms with Crippen molar-refractivity contribution >= 4 is 17.5 Å². The SMILES string of the molecule is C(=Cc1ccccc1)C(=NNc1ccccc1)c1ccccc1. The van der Waals surface area contributed by atoms with E-state index >= 15 is 0 Å². The maximum absolute atomic E-state index is 4.56. The van der Waals surface area contributed by atoms with Gasteiger partial charge in [0.05, 0.1) is 11.4 Å². The van der Waals surface area contributed by atoms with Crippen molar-refractivity contribution in [3.63, 3.8) is 0 Å². The van der Waals surface area contributed by atoms with Crippen molar-refractivity contribution in [3.05, 3.63) is 108 Å². The van der Waals surface area contributed by atoms with Crippen molar-refractivity contribution in [1.29, 1.82) is 0 Å². The minimum atomic E-state index is 0.887. The highest BCUT2D eigenvalue weighted by Gasteiger charge is 1.99. The second-order valence-electron chi connectivity index (χ2n) is 5.08. The molecule has 23 heavy (non-hydrogen) atoms. The van der Waals surface area contributed by atoms with Crippen LogP contribution in [0.2, 0.25) is 0 Å². The molecule has 112 valence electrons.